The van der Waals surface area contributed by atoms with Crippen LogP contribution in [0.5, 0.6) is 0 Å². The van der Waals surface area contributed by atoms with Crippen molar-refractivity contribution < 1.29 is 0 Å². The van der Waals surface area contributed by atoms with Gasteiger partial charge < -0.3 is 0 Å². The van der Waals surface area contributed by atoms with Gasteiger partial charge in [0.2, 0.25) is 0 Å². The third-order valence-corrected chi connectivity index (χ3v) is 2.64. The van der Waals surface area contributed by atoms with Gasteiger partial charge in [-0.05, 0) is 24.1 Å². The van der Waals surface area contributed by atoms with Gasteiger partial charge in [0.1, 0.15) is 0 Å². The molecule has 0 amide bonds. The van der Waals surface area contributed by atoms with E-state index in [0.29, 0.717) is 6.04 Å². The lowest BCUT2D eigenvalue weighted by Gasteiger charge is -2.08. The van der Waals surface area contributed by atoms with Crippen LogP contribution in [0.3, 0.4) is 0 Å². The first kappa shape index (κ1) is 8.23. The highest BCUT2D eigenvalue weighted by Crippen LogP contribution is 2.20. The summed E-state index contributed by atoms with van der Waals surface area (Å²) in [4.78, 5) is 0. The van der Waals surface area contributed by atoms with Gasteiger partial charge in [0, 0.05) is 17.1 Å². The minimum Gasteiger partial charge on any atom is -0.257 e. The fraction of sp³-hybridized carbons (Fsp3) is 0.333. The van der Waals surface area contributed by atoms with Crippen molar-refractivity contribution >= 4 is 15.9 Å². The van der Waals surface area contributed by atoms with Crippen LogP contribution in [0.25, 0.3) is 0 Å². The molecule has 0 aliphatic carbocycles. The number of halogens is 1. The first-order chi connectivity index (χ1) is 5.86. The number of nitrogens with one attached hydrogen (secondary N) is 2. The molecule has 1 heterocycles. The van der Waals surface area contributed by atoms with Crippen molar-refractivity contribution in [2.24, 2.45) is 0 Å². The van der Waals surface area contributed by atoms with Crippen LogP contribution in [0.15, 0.2) is 28.7 Å². The zero-order valence-corrected chi connectivity index (χ0v) is 8.26. The van der Waals surface area contributed by atoms with Crippen molar-refractivity contribution in [3.8, 4) is 0 Å². The van der Waals surface area contributed by atoms with Crippen molar-refractivity contribution in [2.75, 3.05) is 6.54 Å². The van der Waals surface area contributed by atoms with Gasteiger partial charge in [-0.3, -0.25) is 10.9 Å². The Labute approximate surface area is 80.5 Å². The summed E-state index contributed by atoms with van der Waals surface area (Å²) in [6.07, 6.45) is 1.17. The van der Waals surface area contributed by atoms with Crippen LogP contribution in [0, 0.1) is 0 Å². The molecule has 0 saturated carbocycles. The van der Waals surface area contributed by atoms with E-state index in [0.717, 1.165) is 11.0 Å². The summed E-state index contributed by atoms with van der Waals surface area (Å²) >= 11 is 3.42. The van der Waals surface area contributed by atoms with Gasteiger partial charge in [0.05, 0.1) is 0 Å². The van der Waals surface area contributed by atoms with Crippen molar-refractivity contribution in [3.05, 3.63) is 34.3 Å². The van der Waals surface area contributed by atoms with E-state index in [1.807, 2.05) is 0 Å². The van der Waals surface area contributed by atoms with Crippen LogP contribution in [-0.4, -0.2) is 6.54 Å². The van der Waals surface area contributed by atoms with E-state index in [1.165, 1.54) is 12.0 Å². The number of hydrogen-bond donors (Lipinski definition) is 2. The lowest BCUT2D eigenvalue weighted by molar-refractivity contribution is 0.581. The summed E-state index contributed by atoms with van der Waals surface area (Å²) < 4.78 is 1.14. The Kier molecular flexibility index (Phi) is 2.44. The smallest absolute Gasteiger partial charge is 0.0475 e. The predicted octanol–water partition coefficient (Wildman–Crippen LogP) is 1.99. The molecule has 2 nitrogen and oxygen atoms in total. The molecule has 0 radical (unpaired) electrons. The molecule has 1 saturated heterocycles. The molecule has 0 spiro atoms. The van der Waals surface area contributed by atoms with E-state index in [-0.39, 0.29) is 0 Å². The molecule has 12 heavy (non-hydrogen) atoms. The van der Waals surface area contributed by atoms with Gasteiger partial charge >= 0.3 is 0 Å². The quantitative estimate of drug-likeness (QED) is 0.766. The number of hydrogen-bond acceptors (Lipinski definition) is 2. The lowest BCUT2D eigenvalue weighted by Crippen LogP contribution is -2.24. The summed E-state index contributed by atoms with van der Waals surface area (Å²) in [5.41, 5.74) is 7.70. The van der Waals surface area contributed by atoms with Gasteiger partial charge in [-0.25, -0.2) is 0 Å². The highest BCUT2D eigenvalue weighted by atomic mass is 79.9. The van der Waals surface area contributed by atoms with Gasteiger partial charge in [-0.2, -0.15) is 0 Å². The molecule has 1 aliphatic rings. The molecular formula is C9H11BrN2. The standard InChI is InChI=1S/C9H11BrN2/c10-8-3-1-7(2-4-8)9-5-6-11-12-9/h1-4,9,11-12H,5-6H2. The Bertz CT molecular complexity index is 252. The van der Waals surface area contributed by atoms with Gasteiger partial charge in [0.25, 0.3) is 0 Å². The monoisotopic (exact) mass is 226 g/mol. The highest BCUT2D eigenvalue weighted by molar-refractivity contribution is 9.10. The molecule has 1 fully saturated rings. The van der Waals surface area contributed by atoms with E-state index < -0.39 is 0 Å². The second-order valence-corrected chi connectivity index (χ2v) is 3.88. The highest BCUT2D eigenvalue weighted by Gasteiger charge is 2.14. The van der Waals surface area contributed by atoms with E-state index in [4.69, 9.17) is 0 Å². The average Bonchev–Trinajstić information content (AvgIpc) is 2.58. The molecular weight excluding hydrogens is 216 g/mol. The lowest BCUT2D eigenvalue weighted by atomic mass is 10.1. The molecule has 1 unspecified atom stereocenters. The molecule has 1 aliphatic heterocycles. The zero-order chi connectivity index (χ0) is 8.39. The maximum atomic E-state index is 3.42. The van der Waals surface area contributed by atoms with E-state index >= 15 is 0 Å². The maximum Gasteiger partial charge on any atom is 0.0475 e. The first-order valence-corrected chi connectivity index (χ1v) is 4.89. The SMILES string of the molecule is Brc1ccc(C2CCNN2)cc1. The summed E-state index contributed by atoms with van der Waals surface area (Å²) in [5.74, 6) is 0. The third kappa shape index (κ3) is 1.68. The van der Waals surface area contributed by atoms with Gasteiger partial charge in [0.15, 0.2) is 0 Å². The normalized spacial score (nSPS) is 22.9. The maximum absolute atomic E-state index is 3.42. The van der Waals surface area contributed by atoms with Gasteiger partial charge in [-0.15, -0.1) is 0 Å². The van der Waals surface area contributed by atoms with Crippen molar-refractivity contribution in [1.82, 2.24) is 10.9 Å². The predicted molar refractivity (Wildman–Crippen MR) is 52.6 cm³/mol. The summed E-state index contributed by atoms with van der Waals surface area (Å²) in [6, 6.07) is 8.94. The average molecular weight is 227 g/mol. The number of benzene rings is 1. The number of rotatable bonds is 1. The largest absolute Gasteiger partial charge is 0.257 e. The molecule has 64 valence electrons. The van der Waals surface area contributed by atoms with Crippen molar-refractivity contribution in [3.63, 3.8) is 0 Å². The van der Waals surface area contributed by atoms with Crippen LogP contribution in [0.1, 0.15) is 18.0 Å². The van der Waals surface area contributed by atoms with Crippen LogP contribution >= 0.6 is 15.9 Å². The minimum absolute atomic E-state index is 0.484. The Morgan fingerprint density at radius 1 is 1.25 bits per heavy atom. The Balaban J connectivity index is 2.17. The molecule has 0 bridgehead atoms. The van der Waals surface area contributed by atoms with Crippen molar-refractivity contribution in [1.29, 1.82) is 0 Å². The molecule has 1 atom stereocenters. The fourth-order valence-corrected chi connectivity index (χ4v) is 1.69. The van der Waals surface area contributed by atoms with Crippen LogP contribution in [-0.2, 0) is 0 Å². The second-order valence-electron chi connectivity index (χ2n) is 2.96. The van der Waals surface area contributed by atoms with Crippen LogP contribution in [0.2, 0.25) is 0 Å². The van der Waals surface area contributed by atoms with E-state index in [1.54, 1.807) is 0 Å². The first-order valence-electron chi connectivity index (χ1n) is 4.10. The Hall–Kier alpha value is -0.380. The Morgan fingerprint density at radius 3 is 2.58 bits per heavy atom. The van der Waals surface area contributed by atoms with Gasteiger partial charge in [-0.1, -0.05) is 28.1 Å². The van der Waals surface area contributed by atoms with Crippen LogP contribution < -0.4 is 10.9 Å². The molecule has 3 heteroatoms. The summed E-state index contributed by atoms with van der Waals surface area (Å²) in [7, 11) is 0. The zero-order valence-electron chi connectivity index (χ0n) is 6.68. The molecule has 1 aromatic carbocycles. The van der Waals surface area contributed by atoms with E-state index in [9.17, 15) is 0 Å². The second kappa shape index (κ2) is 3.56. The fourth-order valence-electron chi connectivity index (χ4n) is 1.43. The third-order valence-electron chi connectivity index (χ3n) is 2.11. The Morgan fingerprint density at radius 2 is 2.00 bits per heavy atom. The molecule has 0 aromatic heterocycles. The van der Waals surface area contributed by atoms with Crippen molar-refractivity contribution in [2.45, 2.75) is 12.5 Å². The molecule has 1 aromatic rings. The summed E-state index contributed by atoms with van der Waals surface area (Å²) in [6.45, 7) is 1.06. The topological polar surface area (TPSA) is 24.1 Å². The number of hydrazine groups is 1. The summed E-state index contributed by atoms with van der Waals surface area (Å²) in [5, 5.41) is 0. The molecule has 2 N–H and O–H groups in total. The van der Waals surface area contributed by atoms with E-state index in [2.05, 4.69) is 51.0 Å². The minimum atomic E-state index is 0.484. The van der Waals surface area contributed by atoms with Crippen LogP contribution in [0.4, 0.5) is 0 Å². The molecule has 2 rings (SSSR count).